The monoisotopic (exact) mass is 308 g/mol. The third kappa shape index (κ3) is 2.48. The van der Waals surface area contributed by atoms with Crippen molar-refractivity contribution in [1.29, 1.82) is 0 Å². The SMILES string of the molecule is COc1ccc2c(n1)n1cccc1c(=O)n2CCC[NH3+].[Cl-]. The zero-order valence-corrected chi connectivity index (χ0v) is 12.5. The van der Waals surface area contributed by atoms with Gasteiger partial charge in [-0.05, 0) is 18.2 Å². The number of halogens is 1. The quantitative estimate of drug-likeness (QED) is 0.570. The van der Waals surface area contributed by atoms with Gasteiger partial charge < -0.3 is 27.4 Å². The molecule has 6 nitrogen and oxygen atoms in total. The average molecular weight is 309 g/mol. The molecule has 3 heterocycles. The summed E-state index contributed by atoms with van der Waals surface area (Å²) in [6, 6.07) is 7.32. The molecule has 0 bridgehead atoms. The molecule has 0 atom stereocenters. The molecule has 112 valence electrons. The summed E-state index contributed by atoms with van der Waals surface area (Å²) in [6.45, 7) is 1.44. The molecular formula is C14H17ClN4O2. The molecular weight excluding hydrogens is 292 g/mol. The minimum atomic E-state index is 0. The van der Waals surface area contributed by atoms with Gasteiger partial charge in [0.1, 0.15) is 5.52 Å². The van der Waals surface area contributed by atoms with E-state index < -0.39 is 0 Å². The van der Waals surface area contributed by atoms with Crippen molar-refractivity contribution in [3.05, 3.63) is 40.8 Å². The molecule has 3 aromatic rings. The van der Waals surface area contributed by atoms with Gasteiger partial charge in [-0.2, -0.15) is 4.98 Å². The highest BCUT2D eigenvalue weighted by molar-refractivity contribution is 5.75. The van der Waals surface area contributed by atoms with Crippen molar-refractivity contribution >= 4 is 16.7 Å². The second-order valence-electron chi connectivity index (χ2n) is 4.62. The van der Waals surface area contributed by atoms with Crippen LogP contribution in [0, 0.1) is 0 Å². The summed E-state index contributed by atoms with van der Waals surface area (Å²) in [5, 5.41) is 0. The molecule has 0 aliphatic rings. The Bertz CT molecular complexity index is 825. The van der Waals surface area contributed by atoms with Crippen molar-refractivity contribution in [3.8, 4) is 5.88 Å². The van der Waals surface area contributed by atoms with E-state index in [2.05, 4.69) is 10.7 Å². The molecule has 0 amide bonds. The molecule has 0 saturated heterocycles. The third-order valence-corrected chi connectivity index (χ3v) is 3.40. The van der Waals surface area contributed by atoms with E-state index >= 15 is 0 Å². The molecule has 0 aromatic carbocycles. The molecule has 0 unspecified atom stereocenters. The summed E-state index contributed by atoms with van der Waals surface area (Å²) in [6.07, 6.45) is 2.70. The molecule has 0 aliphatic carbocycles. The third-order valence-electron chi connectivity index (χ3n) is 3.40. The van der Waals surface area contributed by atoms with Crippen LogP contribution in [0.15, 0.2) is 35.3 Å². The van der Waals surface area contributed by atoms with Crippen LogP contribution < -0.4 is 28.4 Å². The lowest BCUT2D eigenvalue weighted by atomic mass is 10.3. The predicted molar refractivity (Wildman–Crippen MR) is 75.9 cm³/mol. The number of nitrogens with zero attached hydrogens (tertiary/aromatic N) is 3. The van der Waals surface area contributed by atoms with Crippen molar-refractivity contribution in [3.63, 3.8) is 0 Å². The van der Waals surface area contributed by atoms with Gasteiger partial charge in [0, 0.05) is 25.2 Å². The lowest BCUT2D eigenvalue weighted by Crippen LogP contribution is -3.00. The van der Waals surface area contributed by atoms with Gasteiger partial charge in [0.25, 0.3) is 5.56 Å². The number of hydrogen-bond donors (Lipinski definition) is 1. The second-order valence-corrected chi connectivity index (χ2v) is 4.62. The Kier molecular flexibility index (Phi) is 4.50. The summed E-state index contributed by atoms with van der Waals surface area (Å²) in [5.41, 5.74) is 6.01. The van der Waals surface area contributed by atoms with Crippen LogP contribution >= 0.6 is 0 Å². The molecule has 3 aromatic heterocycles. The predicted octanol–water partition coefficient (Wildman–Crippen LogP) is -2.71. The zero-order valence-electron chi connectivity index (χ0n) is 11.8. The summed E-state index contributed by atoms with van der Waals surface area (Å²) < 4.78 is 8.75. The fourth-order valence-electron chi connectivity index (χ4n) is 2.40. The van der Waals surface area contributed by atoms with Gasteiger partial charge in [0.05, 0.1) is 19.2 Å². The topological polar surface area (TPSA) is 76.2 Å². The molecule has 7 heteroatoms. The zero-order chi connectivity index (χ0) is 14.1. The normalized spacial score (nSPS) is 10.8. The fourth-order valence-corrected chi connectivity index (χ4v) is 2.40. The molecule has 0 fully saturated rings. The van der Waals surface area contributed by atoms with E-state index in [-0.39, 0.29) is 18.0 Å². The van der Waals surface area contributed by atoms with Gasteiger partial charge in [0.15, 0.2) is 5.65 Å². The first-order chi connectivity index (χ1) is 9.76. The van der Waals surface area contributed by atoms with Crippen molar-refractivity contribution < 1.29 is 22.9 Å². The van der Waals surface area contributed by atoms with Crippen LogP contribution in [0.25, 0.3) is 16.7 Å². The number of aryl methyl sites for hydroxylation is 1. The van der Waals surface area contributed by atoms with Crippen LogP contribution in [-0.2, 0) is 6.54 Å². The summed E-state index contributed by atoms with van der Waals surface area (Å²) >= 11 is 0. The average Bonchev–Trinajstić information content (AvgIpc) is 2.97. The number of pyridine rings is 1. The van der Waals surface area contributed by atoms with Gasteiger partial charge in [0.2, 0.25) is 5.88 Å². The Hall–Kier alpha value is -2.05. The highest BCUT2D eigenvalue weighted by atomic mass is 35.5. The van der Waals surface area contributed by atoms with Crippen LogP contribution in [0.2, 0.25) is 0 Å². The lowest BCUT2D eigenvalue weighted by molar-refractivity contribution is -0.368. The Morgan fingerprint density at radius 1 is 1.29 bits per heavy atom. The first-order valence-corrected chi connectivity index (χ1v) is 6.60. The standard InChI is InChI=1S/C14H16N4O2.ClH/c1-20-12-6-5-10-13(16-12)17-8-2-4-11(17)14(19)18(10)9-3-7-15;/h2,4-6,8H,3,7,9,15H2,1H3;1H. The van der Waals surface area contributed by atoms with E-state index in [9.17, 15) is 4.79 Å². The Morgan fingerprint density at radius 3 is 2.81 bits per heavy atom. The van der Waals surface area contributed by atoms with E-state index in [1.54, 1.807) is 22.1 Å². The minimum Gasteiger partial charge on any atom is -1.00 e. The molecule has 0 radical (unpaired) electrons. The van der Waals surface area contributed by atoms with Crippen LogP contribution in [0.1, 0.15) is 6.42 Å². The molecule has 21 heavy (non-hydrogen) atoms. The first-order valence-electron chi connectivity index (χ1n) is 6.60. The summed E-state index contributed by atoms with van der Waals surface area (Å²) in [7, 11) is 1.58. The Labute approximate surface area is 127 Å². The molecule has 0 saturated carbocycles. The maximum absolute atomic E-state index is 12.5. The van der Waals surface area contributed by atoms with Crippen molar-refractivity contribution in [1.82, 2.24) is 14.0 Å². The number of fused-ring (bicyclic) bond motifs is 3. The molecule has 0 aliphatic heterocycles. The Morgan fingerprint density at radius 2 is 2.10 bits per heavy atom. The van der Waals surface area contributed by atoms with Crippen LogP contribution in [0.3, 0.4) is 0 Å². The summed E-state index contributed by atoms with van der Waals surface area (Å²) in [4.78, 5) is 17.0. The van der Waals surface area contributed by atoms with Crippen molar-refractivity contribution in [2.45, 2.75) is 13.0 Å². The maximum Gasteiger partial charge on any atom is 0.275 e. The van der Waals surface area contributed by atoms with Gasteiger partial charge >= 0.3 is 0 Å². The lowest BCUT2D eigenvalue weighted by Gasteiger charge is -2.11. The van der Waals surface area contributed by atoms with Crippen molar-refractivity contribution in [2.75, 3.05) is 13.7 Å². The van der Waals surface area contributed by atoms with E-state index in [0.29, 0.717) is 17.9 Å². The highest BCUT2D eigenvalue weighted by Gasteiger charge is 2.12. The van der Waals surface area contributed by atoms with E-state index in [1.807, 2.05) is 24.4 Å². The van der Waals surface area contributed by atoms with Gasteiger partial charge in [-0.25, -0.2) is 0 Å². The van der Waals surface area contributed by atoms with Crippen molar-refractivity contribution in [2.24, 2.45) is 0 Å². The number of methoxy groups -OCH3 is 1. The van der Waals surface area contributed by atoms with E-state index in [4.69, 9.17) is 4.74 Å². The summed E-state index contributed by atoms with van der Waals surface area (Å²) in [5.74, 6) is 0.537. The minimum absolute atomic E-state index is 0. The van der Waals surface area contributed by atoms with Gasteiger partial charge in [-0.15, -0.1) is 0 Å². The number of rotatable bonds is 4. The molecule has 0 spiro atoms. The number of hydrogen-bond acceptors (Lipinski definition) is 3. The first kappa shape index (κ1) is 15.3. The van der Waals surface area contributed by atoms with Gasteiger partial charge in [-0.3, -0.25) is 9.20 Å². The number of quaternary nitrogens is 1. The van der Waals surface area contributed by atoms with Crippen LogP contribution in [0.4, 0.5) is 0 Å². The van der Waals surface area contributed by atoms with E-state index in [0.717, 1.165) is 24.1 Å². The molecule has 3 N–H and O–H groups in total. The maximum atomic E-state index is 12.5. The number of aromatic nitrogens is 3. The fraction of sp³-hybridized carbons (Fsp3) is 0.286. The Balaban J connectivity index is 0.00000161. The highest BCUT2D eigenvalue weighted by Crippen LogP contribution is 2.17. The smallest absolute Gasteiger partial charge is 0.275 e. The molecule has 3 rings (SSSR count). The van der Waals surface area contributed by atoms with E-state index in [1.165, 1.54) is 0 Å². The van der Waals surface area contributed by atoms with Gasteiger partial charge in [-0.1, -0.05) is 0 Å². The van der Waals surface area contributed by atoms with Crippen LogP contribution in [0.5, 0.6) is 5.88 Å². The number of ether oxygens (including phenoxy) is 1. The van der Waals surface area contributed by atoms with Crippen LogP contribution in [-0.4, -0.2) is 27.6 Å². The largest absolute Gasteiger partial charge is 1.00 e. The second kappa shape index (κ2) is 6.15.